The third-order valence-electron chi connectivity index (χ3n) is 3.08. The lowest BCUT2D eigenvalue weighted by Gasteiger charge is -2.30. The lowest BCUT2D eigenvalue weighted by Crippen LogP contribution is -2.41. The molecule has 0 bridgehead atoms. The van der Waals surface area contributed by atoms with E-state index in [1.165, 1.54) is 0 Å². The monoisotopic (exact) mass is 281 g/mol. The van der Waals surface area contributed by atoms with Crippen LogP contribution in [0.5, 0.6) is 0 Å². The molecule has 0 fully saturated rings. The van der Waals surface area contributed by atoms with Crippen LogP contribution in [0.25, 0.3) is 0 Å². The Bertz CT molecular complexity index is 180. The second kappa shape index (κ2) is 9.60. The largest absolute Gasteiger partial charge is 0.331 e. The fourth-order valence-corrected chi connectivity index (χ4v) is 1.72. The highest BCUT2D eigenvalue weighted by molar-refractivity contribution is 4.62. The van der Waals surface area contributed by atoms with Gasteiger partial charge in [-0.3, -0.25) is 0 Å². The van der Waals surface area contributed by atoms with Crippen molar-refractivity contribution in [2.45, 2.75) is 24.8 Å². The first-order valence-corrected chi connectivity index (χ1v) is 6.09. The Morgan fingerprint density at radius 3 is 1.05 bits per heavy atom. The standard InChI is InChI=1S/C12H27NO6/c1-14-11(15-2,16-3)7-9-13-10-8-12(17-4,18-5)19-6/h13H,7-10H2,1-6H3. The van der Waals surface area contributed by atoms with Crippen LogP contribution in [-0.4, -0.2) is 67.7 Å². The Morgan fingerprint density at radius 2 is 0.842 bits per heavy atom. The van der Waals surface area contributed by atoms with Crippen molar-refractivity contribution in [1.29, 1.82) is 0 Å². The molecule has 1 N–H and O–H groups in total. The minimum Gasteiger partial charge on any atom is -0.331 e. The van der Waals surface area contributed by atoms with Crippen molar-refractivity contribution < 1.29 is 28.4 Å². The molecule has 7 nitrogen and oxygen atoms in total. The zero-order chi connectivity index (χ0) is 14.8. The maximum Gasteiger partial charge on any atom is 0.283 e. The van der Waals surface area contributed by atoms with E-state index in [9.17, 15) is 0 Å². The van der Waals surface area contributed by atoms with Crippen molar-refractivity contribution in [3.8, 4) is 0 Å². The van der Waals surface area contributed by atoms with E-state index in [1.807, 2.05) is 0 Å². The van der Waals surface area contributed by atoms with Gasteiger partial charge in [-0.1, -0.05) is 0 Å². The summed E-state index contributed by atoms with van der Waals surface area (Å²) in [5, 5.41) is 3.22. The topological polar surface area (TPSA) is 67.4 Å². The Hall–Kier alpha value is -0.280. The molecule has 116 valence electrons. The van der Waals surface area contributed by atoms with E-state index >= 15 is 0 Å². The van der Waals surface area contributed by atoms with Gasteiger partial charge in [-0.05, 0) is 0 Å². The summed E-state index contributed by atoms with van der Waals surface area (Å²) in [6.07, 6.45) is 1.10. The number of nitrogens with one attached hydrogen (secondary N) is 1. The van der Waals surface area contributed by atoms with Gasteiger partial charge in [0.1, 0.15) is 0 Å². The summed E-state index contributed by atoms with van der Waals surface area (Å²) < 4.78 is 31.1. The molecule has 0 aromatic heterocycles. The van der Waals surface area contributed by atoms with Crippen LogP contribution in [0, 0.1) is 0 Å². The molecular weight excluding hydrogens is 254 g/mol. The summed E-state index contributed by atoms with van der Waals surface area (Å²) in [7, 11) is 9.24. The summed E-state index contributed by atoms with van der Waals surface area (Å²) in [5.41, 5.74) is 0. The Morgan fingerprint density at radius 1 is 0.579 bits per heavy atom. The van der Waals surface area contributed by atoms with E-state index in [1.54, 1.807) is 42.7 Å². The van der Waals surface area contributed by atoms with Gasteiger partial charge in [-0.2, -0.15) is 0 Å². The maximum atomic E-state index is 5.19. The van der Waals surface area contributed by atoms with E-state index in [0.29, 0.717) is 25.9 Å². The first kappa shape index (κ1) is 18.7. The van der Waals surface area contributed by atoms with Gasteiger partial charge < -0.3 is 33.7 Å². The average Bonchev–Trinajstić information content (AvgIpc) is 2.48. The van der Waals surface area contributed by atoms with E-state index in [0.717, 1.165) is 0 Å². The van der Waals surface area contributed by atoms with Gasteiger partial charge in [0.15, 0.2) is 0 Å². The molecule has 19 heavy (non-hydrogen) atoms. The van der Waals surface area contributed by atoms with Crippen molar-refractivity contribution >= 4 is 0 Å². The van der Waals surface area contributed by atoms with E-state index in [2.05, 4.69) is 5.32 Å². The second-order valence-electron chi connectivity index (χ2n) is 3.84. The van der Waals surface area contributed by atoms with Gasteiger partial charge in [-0.15, -0.1) is 0 Å². The molecular formula is C12H27NO6. The van der Waals surface area contributed by atoms with Crippen LogP contribution in [0.1, 0.15) is 12.8 Å². The number of rotatable bonds is 12. The summed E-state index contributed by atoms with van der Waals surface area (Å²) in [6.45, 7) is 1.31. The Balaban J connectivity index is 3.98. The molecule has 0 rings (SSSR count). The third kappa shape index (κ3) is 5.70. The lowest BCUT2D eigenvalue weighted by atomic mass is 10.3. The van der Waals surface area contributed by atoms with Crippen LogP contribution < -0.4 is 5.32 Å². The highest BCUT2D eigenvalue weighted by Gasteiger charge is 2.30. The van der Waals surface area contributed by atoms with Crippen LogP contribution in [0.2, 0.25) is 0 Å². The van der Waals surface area contributed by atoms with Crippen LogP contribution in [0.15, 0.2) is 0 Å². The average molecular weight is 281 g/mol. The Labute approximate surface area is 115 Å². The van der Waals surface area contributed by atoms with Gasteiger partial charge in [0.25, 0.3) is 11.9 Å². The summed E-state index contributed by atoms with van der Waals surface area (Å²) >= 11 is 0. The first-order valence-electron chi connectivity index (χ1n) is 6.09. The van der Waals surface area contributed by atoms with Gasteiger partial charge in [0.05, 0.1) is 0 Å². The molecule has 0 atom stereocenters. The van der Waals surface area contributed by atoms with E-state index < -0.39 is 11.9 Å². The summed E-state index contributed by atoms with van der Waals surface area (Å²) in [4.78, 5) is 0. The molecule has 0 saturated heterocycles. The maximum absolute atomic E-state index is 5.19. The quantitative estimate of drug-likeness (QED) is 0.414. The summed E-state index contributed by atoms with van der Waals surface area (Å²) in [5.74, 6) is -2.01. The molecule has 0 aliphatic heterocycles. The van der Waals surface area contributed by atoms with Crippen molar-refractivity contribution in [1.82, 2.24) is 5.32 Å². The molecule has 0 amide bonds. The van der Waals surface area contributed by atoms with Crippen molar-refractivity contribution in [2.24, 2.45) is 0 Å². The predicted octanol–water partition coefficient (Wildman–Crippen LogP) is 0.542. The van der Waals surface area contributed by atoms with Crippen LogP contribution in [0.3, 0.4) is 0 Å². The van der Waals surface area contributed by atoms with E-state index in [-0.39, 0.29) is 0 Å². The number of ether oxygens (including phenoxy) is 6. The van der Waals surface area contributed by atoms with Gasteiger partial charge in [-0.25, -0.2) is 0 Å². The van der Waals surface area contributed by atoms with Crippen LogP contribution >= 0.6 is 0 Å². The highest BCUT2D eigenvalue weighted by Crippen LogP contribution is 2.17. The molecule has 0 aromatic carbocycles. The number of methoxy groups -OCH3 is 6. The summed E-state index contributed by atoms with van der Waals surface area (Å²) in [6, 6.07) is 0. The normalized spacial score (nSPS) is 12.9. The van der Waals surface area contributed by atoms with Gasteiger partial charge >= 0.3 is 0 Å². The molecule has 0 spiro atoms. The fourth-order valence-electron chi connectivity index (χ4n) is 1.72. The lowest BCUT2D eigenvalue weighted by molar-refractivity contribution is -0.356. The molecule has 0 radical (unpaired) electrons. The minimum absolute atomic E-state index is 0.552. The zero-order valence-corrected chi connectivity index (χ0v) is 12.8. The number of hydrogen-bond acceptors (Lipinski definition) is 7. The van der Waals surface area contributed by atoms with Crippen molar-refractivity contribution in [3.05, 3.63) is 0 Å². The predicted molar refractivity (Wildman–Crippen MR) is 69.6 cm³/mol. The molecule has 0 aliphatic rings. The molecule has 0 heterocycles. The van der Waals surface area contributed by atoms with Crippen LogP contribution in [0.4, 0.5) is 0 Å². The third-order valence-corrected chi connectivity index (χ3v) is 3.08. The first-order chi connectivity index (χ1) is 9.07. The van der Waals surface area contributed by atoms with E-state index in [4.69, 9.17) is 28.4 Å². The fraction of sp³-hybridized carbons (Fsp3) is 1.00. The van der Waals surface area contributed by atoms with Crippen molar-refractivity contribution in [3.63, 3.8) is 0 Å². The van der Waals surface area contributed by atoms with Crippen LogP contribution in [-0.2, 0) is 28.4 Å². The molecule has 0 saturated carbocycles. The molecule has 0 aliphatic carbocycles. The van der Waals surface area contributed by atoms with Crippen molar-refractivity contribution in [2.75, 3.05) is 55.7 Å². The van der Waals surface area contributed by atoms with Gasteiger partial charge in [0, 0.05) is 68.6 Å². The smallest absolute Gasteiger partial charge is 0.283 e. The SMILES string of the molecule is COC(CCNCCC(OC)(OC)OC)(OC)OC. The number of hydrogen-bond donors (Lipinski definition) is 1. The minimum atomic E-state index is -1.01. The molecule has 7 heteroatoms. The van der Waals surface area contributed by atoms with Gasteiger partial charge in [0.2, 0.25) is 0 Å². The molecule has 0 unspecified atom stereocenters. The molecule has 0 aromatic rings. The Kier molecular flexibility index (Phi) is 9.46. The second-order valence-corrected chi connectivity index (χ2v) is 3.84. The zero-order valence-electron chi connectivity index (χ0n) is 12.8. The highest BCUT2D eigenvalue weighted by atomic mass is 16.9.